The molecule has 0 amide bonds. The van der Waals surface area contributed by atoms with E-state index in [4.69, 9.17) is 21.1 Å². The number of halogens is 1. The standard InChI is InChI=1S/C15H20ClNO3/c1-19-14-8-11(16)7-10(15(14)18)9-17-5-6-20-13-4-2-3-12(13)17/h7-8,12-13,18H,2-6,9H2,1H3. The number of hydrogen-bond acceptors (Lipinski definition) is 4. The Morgan fingerprint density at radius 3 is 3.10 bits per heavy atom. The maximum Gasteiger partial charge on any atom is 0.162 e. The van der Waals surface area contributed by atoms with Crippen LogP contribution in [0.15, 0.2) is 12.1 Å². The van der Waals surface area contributed by atoms with E-state index in [-0.39, 0.29) is 5.75 Å². The van der Waals surface area contributed by atoms with Crippen molar-refractivity contribution >= 4 is 11.6 Å². The van der Waals surface area contributed by atoms with Crippen LogP contribution >= 0.6 is 11.6 Å². The van der Waals surface area contributed by atoms with Crippen molar-refractivity contribution in [3.05, 3.63) is 22.7 Å². The first-order chi connectivity index (χ1) is 9.69. The molecule has 0 aromatic heterocycles. The first-order valence-electron chi connectivity index (χ1n) is 7.10. The van der Waals surface area contributed by atoms with Crippen molar-refractivity contribution in [3.63, 3.8) is 0 Å². The number of fused-ring (bicyclic) bond motifs is 1. The van der Waals surface area contributed by atoms with E-state index in [0.717, 1.165) is 25.1 Å². The molecule has 1 heterocycles. The summed E-state index contributed by atoms with van der Waals surface area (Å²) in [5.74, 6) is 0.627. The lowest BCUT2D eigenvalue weighted by Crippen LogP contribution is -2.47. The first kappa shape index (κ1) is 14.0. The smallest absolute Gasteiger partial charge is 0.162 e. The highest BCUT2D eigenvalue weighted by Crippen LogP contribution is 2.36. The van der Waals surface area contributed by atoms with E-state index in [2.05, 4.69) is 4.90 Å². The molecular formula is C15H20ClNO3. The van der Waals surface area contributed by atoms with Gasteiger partial charge in [-0.3, -0.25) is 4.90 Å². The van der Waals surface area contributed by atoms with Gasteiger partial charge in [0, 0.05) is 35.8 Å². The molecule has 1 aromatic rings. The minimum absolute atomic E-state index is 0.193. The van der Waals surface area contributed by atoms with E-state index >= 15 is 0 Å². The van der Waals surface area contributed by atoms with Crippen LogP contribution in [0.2, 0.25) is 5.02 Å². The van der Waals surface area contributed by atoms with Gasteiger partial charge in [0.2, 0.25) is 0 Å². The molecule has 110 valence electrons. The molecule has 1 aliphatic carbocycles. The molecule has 5 heteroatoms. The lowest BCUT2D eigenvalue weighted by atomic mass is 10.1. The molecule has 1 saturated heterocycles. The number of methoxy groups -OCH3 is 1. The van der Waals surface area contributed by atoms with Gasteiger partial charge in [-0.05, 0) is 25.3 Å². The monoisotopic (exact) mass is 297 g/mol. The van der Waals surface area contributed by atoms with Gasteiger partial charge in [0.25, 0.3) is 0 Å². The van der Waals surface area contributed by atoms with Crippen LogP contribution in [0.5, 0.6) is 11.5 Å². The SMILES string of the molecule is COc1cc(Cl)cc(CN2CCOC3CCCC32)c1O. The molecule has 0 radical (unpaired) electrons. The predicted octanol–water partition coefficient (Wildman–Crippen LogP) is 2.81. The number of phenols is 1. The number of aromatic hydroxyl groups is 1. The summed E-state index contributed by atoms with van der Waals surface area (Å²) in [6.45, 7) is 2.35. The van der Waals surface area contributed by atoms with Crippen molar-refractivity contribution in [2.75, 3.05) is 20.3 Å². The Kier molecular flexibility index (Phi) is 4.06. The molecule has 2 atom stereocenters. The summed E-state index contributed by atoms with van der Waals surface area (Å²) in [5, 5.41) is 10.8. The van der Waals surface area contributed by atoms with Crippen molar-refractivity contribution in [1.29, 1.82) is 0 Å². The zero-order valence-corrected chi connectivity index (χ0v) is 12.4. The molecular weight excluding hydrogens is 278 g/mol. The Morgan fingerprint density at radius 1 is 1.45 bits per heavy atom. The lowest BCUT2D eigenvalue weighted by molar-refractivity contribution is -0.0590. The molecule has 1 aromatic carbocycles. The van der Waals surface area contributed by atoms with Crippen LogP contribution < -0.4 is 4.74 Å². The average molecular weight is 298 g/mol. The van der Waals surface area contributed by atoms with Gasteiger partial charge in [-0.25, -0.2) is 0 Å². The van der Waals surface area contributed by atoms with Gasteiger partial charge in [-0.1, -0.05) is 11.6 Å². The zero-order chi connectivity index (χ0) is 14.1. The van der Waals surface area contributed by atoms with Gasteiger partial charge in [0.1, 0.15) is 0 Å². The predicted molar refractivity (Wildman–Crippen MR) is 77.5 cm³/mol. The maximum absolute atomic E-state index is 10.2. The van der Waals surface area contributed by atoms with Crippen LogP contribution in [0.4, 0.5) is 0 Å². The van der Waals surface area contributed by atoms with E-state index in [0.29, 0.717) is 29.5 Å². The van der Waals surface area contributed by atoms with Crippen molar-refractivity contribution in [1.82, 2.24) is 4.90 Å². The summed E-state index contributed by atoms with van der Waals surface area (Å²) in [5.41, 5.74) is 0.821. The molecule has 20 heavy (non-hydrogen) atoms. The molecule has 2 fully saturated rings. The number of rotatable bonds is 3. The van der Waals surface area contributed by atoms with Crippen LogP contribution in [0, 0.1) is 0 Å². The highest BCUT2D eigenvalue weighted by molar-refractivity contribution is 6.30. The molecule has 1 saturated carbocycles. The number of phenolic OH excluding ortho intramolecular Hbond substituents is 1. The van der Waals surface area contributed by atoms with E-state index in [1.807, 2.05) is 6.07 Å². The summed E-state index contributed by atoms with van der Waals surface area (Å²) < 4.78 is 11.0. The Hall–Kier alpha value is -0.970. The van der Waals surface area contributed by atoms with Gasteiger partial charge in [0.15, 0.2) is 11.5 Å². The van der Waals surface area contributed by atoms with Gasteiger partial charge in [-0.15, -0.1) is 0 Å². The Morgan fingerprint density at radius 2 is 2.30 bits per heavy atom. The minimum atomic E-state index is 0.193. The summed E-state index contributed by atoms with van der Waals surface area (Å²) in [4.78, 5) is 2.39. The van der Waals surface area contributed by atoms with E-state index in [1.54, 1.807) is 6.07 Å². The van der Waals surface area contributed by atoms with E-state index in [1.165, 1.54) is 20.0 Å². The Balaban J connectivity index is 1.81. The van der Waals surface area contributed by atoms with Crippen molar-refractivity contribution in [3.8, 4) is 11.5 Å². The average Bonchev–Trinajstić information content (AvgIpc) is 2.92. The molecule has 0 bridgehead atoms. The highest BCUT2D eigenvalue weighted by Gasteiger charge is 2.36. The molecule has 2 unspecified atom stereocenters. The third-order valence-electron chi connectivity index (χ3n) is 4.31. The molecule has 4 nitrogen and oxygen atoms in total. The van der Waals surface area contributed by atoms with Gasteiger partial charge < -0.3 is 14.6 Å². The van der Waals surface area contributed by atoms with Gasteiger partial charge in [-0.2, -0.15) is 0 Å². The fraction of sp³-hybridized carbons (Fsp3) is 0.600. The topological polar surface area (TPSA) is 41.9 Å². The molecule has 2 aliphatic rings. The quantitative estimate of drug-likeness (QED) is 0.931. The second-order valence-corrected chi connectivity index (χ2v) is 5.93. The van der Waals surface area contributed by atoms with E-state index < -0.39 is 0 Å². The van der Waals surface area contributed by atoms with Crippen LogP contribution in [0.25, 0.3) is 0 Å². The van der Waals surface area contributed by atoms with Crippen molar-refractivity contribution < 1.29 is 14.6 Å². The second-order valence-electron chi connectivity index (χ2n) is 5.49. The summed E-state index contributed by atoms with van der Waals surface area (Å²) >= 11 is 6.10. The number of ether oxygens (including phenoxy) is 2. The van der Waals surface area contributed by atoms with Crippen LogP contribution in [-0.4, -0.2) is 42.4 Å². The fourth-order valence-electron chi connectivity index (χ4n) is 3.33. The minimum Gasteiger partial charge on any atom is -0.504 e. The van der Waals surface area contributed by atoms with Gasteiger partial charge >= 0.3 is 0 Å². The third kappa shape index (κ3) is 2.60. The normalized spacial score (nSPS) is 26.5. The maximum atomic E-state index is 10.2. The molecule has 3 rings (SSSR count). The fourth-order valence-corrected chi connectivity index (χ4v) is 3.56. The largest absolute Gasteiger partial charge is 0.504 e. The second kappa shape index (κ2) is 5.80. The molecule has 1 aliphatic heterocycles. The van der Waals surface area contributed by atoms with Crippen molar-refractivity contribution in [2.45, 2.75) is 38.0 Å². The first-order valence-corrected chi connectivity index (χ1v) is 7.48. The van der Waals surface area contributed by atoms with Crippen molar-refractivity contribution in [2.24, 2.45) is 0 Å². The summed E-state index contributed by atoms with van der Waals surface area (Å²) in [7, 11) is 1.54. The summed E-state index contributed by atoms with van der Waals surface area (Å²) in [6, 6.07) is 3.92. The van der Waals surface area contributed by atoms with Crippen LogP contribution in [0.1, 0.15) is 24.8 Å². The molecule has 1 N–H and O–H groups in total. The number of hydrogen-bond donors (Lipinski definition) is 1. The number of morpholine rings is 1. The highest BCUT2D eigenvalue weighted by atomic mass is 35.5. The Labute approximate surface area is 124 Å². The third-order valence-corrected chi connectivity index (χ3v) is 4.53. The zero-order valence-electron chi connectivity index (χ0n) is 11.6. The number of nitrogens with zero attached hydrogens (tertiary/aromatic N) is 1. The summed E-state index contributed by atoms with van der Waals surface area (Å²) in [6.07, 6.45) is 3.89. The van der Waals surface area contributed by atoms with Gasteiger partial charge in [0.05, 0.1) is 19.8 Å². The lowest BCUT2D eigenvalue weighted by Gasteiger charge is -2.37. The molecule has 0 spiro atoms. The van der Waals surface area contributed by atoms with Crippen LogP contribution in [-0.2, 0) is 11.3 Å². The number of benzene rings is 1. The Bertz CT molecular complexity index is 494. The van der Waals surface area contributed by atoms with E-state index in [9.17, 15) is 5.11 Å². The van der Waals surface area contributed by atoms with Crippen LogP contribution in [0.3, 0.4) is 0 Å².